The molecule has 150 valence electrons. The second-order valence-corrected chi connectivity index (χ2v) is 7.74. The number of carbonyl (C=O) groups excluding carboxylic acids is 1. The quantitative estimate of drug-likeness (QED) is 0.340. The molecule has 0 aliphatic carbocycles. The Morgan fingerprint density at radius 3 is 2.66 bits per heavy atom. The molecule has 0 fully saturated rings. The molecule has 5 heteroatoms. The van der Waals surface area contributed by atoms with E-state index in [0.717, 1.165) is 11.5 Å². The number of thioether (sulfide) groups is 1. The minimum atomic E-state index is -0.246. The molecule has 0 radical (unpaired) electrons. The zero-order valence-corrected chi connectivity index (χ0v) is 17.5. The van der Waals surface area contributed by atoms with Gasteiger partial charge in [-0.3, -0.25) is 4.79 Å². The molecule has 1 atom stereocenters. The lowest BCUT2D eigenvalue weighted by Gasteiger charge is -2.12. The molecule has 0 saturated carbocycles. The van der Waals surface area contributed by atoms with Gasteiger partial charge in [0.25, 0.3) is 5.91 Å². The Kier molecular flexibility index (Phi) is 7.19. The van der Waals surface area contributed by atoms with E-state index in [1.807, 2.05) is 30.4 Å². The number of rotatable bonds is 9. The Balaban J connectivity index is 1.61. The van der Waals surface area contributed by atoms with Crippen molar-refractivity contribution >= 4 is 23.7 Å². The Hall–Kier alpha value is -2.92. The van der Waals surface area contributed by atoms with Crippen molar-refractivity contribution in [1.82, 2.24) is 5.32 Å². The first-order valence-electron chi connectivity index (χ1n) is 9.48. The summed E-state index contributed by atoms with van der Waals surface area (Å²) in [4.78, 5) is 13.8. The highest BCUT2D eigenvalue weighted by molar-refractivity contribution is 7.98. The molecule has 1 N–H and O–H groups in total. The van der Waals surface area contributed by atoms with E-state index in [4.69, 9.17) is 8.83 Å². The molecule has 1 amide bonds. The summed E-state index contributed by atoms with van der Waals surface area (Å²) in [5.74, 6) is 2.24. The van der Waals surface area contributed by atoms with Gasteiger partial charge in [-0.1, -0.05) is 30.4 Å². The molecule has 1 unspecified atom stereocenters. The normalized spacial score (nSPS) is 12.2. The SMILES string of the molecule is C=CCC(C=Cc1ccco1)NC(=O)c1ccc(CSc2c(C)cccc2C)o1. The molecular formula is C24H25NO3S. The highest BCUT2D eigenvalue weighted by Crippen LogP contribution is 2.29. The number of aryl methyl sites for hydroxylation is 2. The van der Waals surface area contributed by atoms with Crippen LogP contribution in [0, 0.1) is 13.8 Å². The van der Waals surface area contributed by atoms with Crippen molar-refractivity contribution in [3.63, 3.8) is 0 Å². The summed E-state index contributed by atoms with van der Waals surface area (Å²) in [6, 6.07) is 13.3. The van der Waals surface area contributed by atoms with Gasteiger partial charge in [0, 0.05) is 4.90 Å². The third-order valence-corrected chi connectivity index (χ3v) is 5.79. The summed E-state index contributed by atoms with van der Waals surface area (Å²) in [5.41, 5.74) is 2.49. The molecule has 29 heavy (non-hydrogen) atoms. The number of hydrogen-bond acceptors (Lipinski definition) is 4. The van der Waals surface area contributed by atoms with Crippen molar-refractivity contribution in [3.8, 4) is 0 Å². The molecule has 3 rings (SSSR count). The highest BCUT2D eigenvalue weighted by Gasteiger charge is 2.15. The highest BCUT2D eigenvalue weighted by atomic mass is 32.2. The summed E-state index contributed by atoms with van der Waals surface area (Å²) in [6.45, 7) is 7.97. The Bertz CT molecular complexity index is 965. The summed E-state index contributed by atoms with van der Waals surface area (Å²) in [6.07, 6.45) is 7.72. The summed E-state index contributed by atoms with van der Waals surface area (Å²) in [7, 11) is 0. The molecular weight excluding hydrogens is 382 g/mol. The predicted molar refractivity (Wildman–Crippen MR) is 118 cm³/mol. The number of nitrogens with one attached hydrogen (secondary N) is 1. The average molecular weight is 408 g/mol. The van der Waals surface area contributed by atoms with Gasteiger partial charge >= 0.3 is 0 Å². The molecule has 0 bridgehead atoms. The molecule has 4 nitrogen and oxygen atoms in total. The fourth-order valence-electron chi connectivity index (χ4n) is 2.95. The van der Waals surface area contributed by atoms with Crippen molar-refractivity contribution in [3.05, 3.63) is 95.9 Å². The third kappa shape index (κ3) is 5.78. The first kappa shape index (κ1) is 20.8. The molecule has 0 aliphatic rings. The largest absolute Gasteiger partial charge is 0.465 e. The van der Waals surface area contributed by atoms with Crippen molar-refractivity contribution in [2.24, 2.45) is 0 Å². The summed E-state index contributed by atoms with van der Waals surface area (Å²) >= 11 is 1.72. The number of hydrogen-bond donors (Lipinski definition) is 1. The van der Waals surface area contributed by atoms with Gasteiger partial charge in [0.2, 0.25) is 0 Å². The number of furan rings is 2. The third-order valence-electron chi connectivity index (χ3n) is 4.43. The van der Waals surface area contributed by atoms with E-state index in [1.54, 1.807) is 30.2 Å². The van der Waals surface area contributed by atoms with Gasteiger partial charge in [0.1, 0.15) is 11.5 Å². The van der Waals surface area contributed by atoms with Crippen molar-refractivity contribution < 1.29 is 13.6 Å². The first-order valence-corrected chi connectivity index (χ1v) is 10.5. The molecule has 2 heterocycles. The lowest BCUT2D eigenvalue weighted by atomic mass is 10.1. The Morgan fingerprint density at radius 2 is 1.97 bits per heavy atom. The smallest absolute Gasteiger partial charge is 0.287 e. The maximum absolute atomic E-state index is 12.6. The van der Waals surface area contributed by atoms with Gasteiger partial charge in [-0.15, -0.1) is 18.3 Å². The fourth-order valence-corrected chi connectivity index (χ4v) is 3.98. The van der Waals surface area contributed by atoms with Gasteiger partial charge < -0.3 is 14.2 Å². The minimum Gasteiger partial charge on any atom is -0.465 e. The molecule has 0 aliphatic heterocycles. The van der Waals surface area contributed by atoms with Crippen LogP contribution in [-0.2, 0) is 5.75 Å². The molecule has 1 aromatic carbocycles. The Labute approximate surface area is 175 Å². The topological polar surface area (TPSA) is 55.4 Å². The van der Waals surface area contributed by atoms with E-state index in [1.165, 1.54) is 16.0 Å². The van der Waals surface area contributed by atoms with Gasteiger partial charge in [-0.2, -0.15) is 0 Å². The lowest BCUT2D eigenvalue weighted by molar-refractivity contribution is 0.0915. The number of benzene rings is 1. The molecule has 3 aromatic rings. The maximum atomic E-state index is 12.6. The second-order valence-electron chi connectivity index (χ2n) is 6.75. The van der Waals surface area contributed by atoms with Crippen LogP contribution in [0.2, 0.25) is 0 Å². The van der Waals surface area contributed by atoms with Crippen LogP contribution < -0.4 is 5.32 Å². The number of amides is 1. The van der Waals surface area contributed by atoms with Crippen molar-refractivity contribution in [2.45, 2.75) is 37.0 Å². The van der Waals surface area contributed by atoms with E-state index < -0.39 is 0 Å². The van der Waals surface area contributed by atoms with Crippen LogP contribution in [0.1, 0.15) is 39.6 Å². The zero-order valence-electron chi connectivity index (χ0n) is 16.7. The van der Waals surface area contributed by atoms with E-state index in [2.05, 4.69) is 43.9 Å². The van der Waals surface area contributed by atoms with Crippen LogP contribution in [0.4, 0.5) is 0 Å². The molecule has 0 saturated heterocycles. The zero-order chi connectivity index (χ0) is 20.6. The minimum absolute atomic E-state index is 0.192. The van der Waals surface area contributed by atoms with Crippen molar-refractivity contribution in [1.29, 1.82) is 0 Å². The van der Waals surface area contributed by atoms with Crippen LogP contribution in [0.25, 0.3) is 6.08 Å². The van der Waals surface area contributed by atoms with Crippen LogP contribution in [0.3, 0.4) is 0 Å². The molecule has 2 aromatic heterocycles. The fraction of sp³-hybridized carbons (Fsp3) is 0.208. The van der Waals surface area contributed by atoms with Gasteiger partial charge in [-0.05, 0) is 61.7 Å². The van der Waals surface area contributed by atoms with Gasteiger partial charge in [0.05, 0.1) is 18.1 Å². The predicted octanol–water partition coefficient (Wildman–Crippen LogP) is 6.17. The summed E-state index contributed by atoms with van der Waals surface area (Å²) < 4.78 is 11.1. The van der Waals surface area contributed by atoms with E-state index in [9.17, 15) is 4.79 Å². The van der Waals surface area contributed by atoms with Crippen LogP contribution in [-0.4, -0.2) is 11.9 Å². The standard InChI is InChI=1S/C24H25NO3S/c1-4-7-19(11-12-20-10-6-15-27-20)25-24(26)22-14-13-21(28-22)16-29-23-17(2)8-5-9-18(23)3/h4-6,8-15,19H,1,7,16H2,2-3H3,(H,25,26). The second kappa shape index (κ2) is 10.0. The lowest BCUT2D eigenvalue weighted by Crippen LogP contribution is -2.32. The average Bonchev–Trinajstić information content (AvgIpc) is 3.38. The van der Waals surface area contributed by atoms with E-state index in [-0.39, 0.29) is 11.9 Å². The van der Waals surface area contributed by atoms with Crippen LogP contribution in [0.15, 0.2) is 81.2 Å². The number of carbonyl (C=O) groups is 1. The Morgan fingerprint density at radius 1 is 1.17 bits per heavy atom. The van der Waals surface area contributed by atoms with Crippen molar-refractivity contribution in [2.75, 3.05) is 0 Å². The first-order chi connectivity index (χ1) is 14.1. The van der Waals surface area contributed by atoms with E-state index >= 15 is 0 Å². The van der Waals surface area contributed by atoms with Gasteiger partial charge in [0.15, 0.2) is 5.76 Å². The summed E-state index contributed by atoms with van der Waals surface area (Å²) in [5, 5.41) is 2.96. The van der Waals surface area contributed by atoms with Crippen LogP contribution in [0.5, 0.6) is 0 Å². The molecule has 0 spiro atoms. The monoisotopic (exact) mass is 407 g/mol. The maximum Gasteiger partial charge on any atom is 0.287 e. The van der Waals surface area contributed by atoms with Crippen LogP contribution >= 0.6 is 11.8 Å². The van der Waals surface area contributed by atoms with Gasteiger partial charge in [-0.25, -0.2) is 0 Å². The van der Waals surface area contributed by atoms with E-state index in [0.29, 0.717) is 17.9 Å².